The van der Waals surface area contributed by atoms with Crippen LogP contribution in [0.3, 0.4) is 0 Å². The van der Waals surface area contributed by atoms with Crippen LogP contribution in [-0.4, -0.2) is 15.5 Å². The van der Waals surface area contributed by atoms with Gasteiger partial charge in [0.2, 0.25) is 10.0 Å². The van der Waals surface area contributed by atoms with Crippen molar-refractivity contribution in [3.05, 3.63) is 40.6 Å². The van der Waals surface area contributed by atoms with Crippen molar-refractivity contribution in [3.8, 4) is 5.75 Å². The molecule has 114 valence electrons. The van der Waals surface area contributed by atoms with Crippen LogP contribution in [-0.2, 0) is 10.0 Å². The average molecular weight is 326 g/mol. The van der Waals surface area contributed by atoms with E-state index >= 15 is 0 Å². The first-order valence-corrected chi connectivity index (χ1v) is 8.83. The molecule has 2 rings (SSSR count). The number of rotatable bonds is 6. The molecule has 0 spiro atoms. The van der Waals surface area contributed by atoms with Gasteiger partial charge in [0.1, 0.15) is 10.6 Å². The Labute approximate surface area is 128 Å². The molecule has 0 saturated heterocycles. The first-order chi connectivity index (χ1) is 9.97. The number of hydrogen-bond acceptors (Lipinski definition) is 5. The number of benzene rings is 1. The highest BCUT2D eigenvalue weighted by molar-refractivity contribution is 7.89. The monoisotopic (exact) mass is 326 g/mol. The summed E-state index contributed by atoms with van der Waals surface area (Å²) in [6.07, 6.45) is 0.657. The van der Waals surface area contributed by atoms with Crippen LogP contribution >= 0.6 is 11.3 Å². The van der Waals surface area contributed by atoms with Crippen molar-refractivity contribution in [3.63, 3.8) is 0 Å². The lowest BCUT2D eigenvalue weighted by Crippen LogP contribution is -2.28. The van der Waals surface area contributed by atoms with E-state index in [9.17, 15) is 8.42 Å². The quantitative estimate of drug-likeness (QED) is 0.800. The molecule has 0 saturated carbocycles. The number of nitrogens with one attached hydrogen (secondary N) is 1. The molecule has 5 nitrogen and oxygen atoms in total. The molecule has 0 radical (unpaired) electrons. The zero-order chi connectivity index (χ0) is 15.5. The van der Waals surface area contributed by atoms with E-state index in [4.69, 9.17) is 10.5 Å². The van der Waals surface area contributed by atoms with Crippen molar-refractivity contribution < 1.29 is 13.2 Å². The third-order valence-electron chi connectivity index (χ3n) is 3.07. The summed E-state index contributed by atoms with van der Waals surface area (Å²) in [7, 11) is -2.28. The number of nitrogens with two attached hydrogens (primary N) is 1. The third-order valence-corrected chi connectivity index (χ3v) is 5.55. The van der Waals surface area contributed by atoms with Gasteiger partial charge in [-0.25, -0.2) is 13.1 Å². The molecule has 0 aliphatic carbocycles. The van der Waals surface area contributed by atoms with Crippen LogP contribution in [0, 0.1) is 0 Å². The lowest BCUT2D eigenvalue weighted by Gasteiger charge is -2.17. The molecular weight excluding hydrogens is 308 g/mol. The molecule has 2 aromatic rings. The zero-order valence-electron chi connectivity index (χ0n) is 11.9. The van der Waals surface area contributed by atoms with E-state index in [1.807, 2.05) is 24.4 Å². The number of thiophene rings is 1. The summed E-state index contributed by atoms with van der Waals surface area (Å²) in [5.41, 5.74) is 6.07. The van der Waals surface area contributed by atoms with E-state index in [0.29, 0.717) is 12.1 Å². The molecule has 0 amide bonds. The lowest BCUT2D eigenvalue weighted by molar-refractivity contribution is 0.402. The second kappa shape index (κ2) is 6.46. The van der Waals surface area contributed by atoms with Crippen LogP contribution < -0.4 is 15.2 Å². The fourth-order valence-electron chi connectivity index (χ4n) is 1.99. The van der Waals surface area contributed by atoms with Crippen LogP contribution in [0.5, 0.6) is 5.75 Å². The number of anilines is 1. The summed E-state index contributed by atoms with van der Waals surface area (Å²) in [4.78, 5) is 1.03. The van der Waals surface area contributed by atoms with E-state index in [1.165, 1.54) is 24.5 Å². The molecule has 1 unspecified atom stereocenters. The Kier molecular flexibility index (Phi) is 4.87. The summed E-state index contributed by atoms with van der Waals surface area (Å²) >= 11 is 1.52. The summed E-state index contributed by atoms with van der Waals surface area (Å²) in [5, 5.41) is 1.92. The first kappa shape index (κ1) is 15.8. The highest BCUT2D eigenvalue weighted by atomic mass is 32.2. The normalized spacial score (nSPS) is 13.0. The van der Waals surface area contributed by atoms with Gasteiger partial charge >= 0.3 is 0 Å². The van der Waals surface area contributed by atoms with Crippen molar-refractivity contribution in [2.45, 2.75) is 24.3 Å². The van der Waals surface area contributed by atoms with Gasteiger partial charge in [-0.2, -0.15) is 0 Å². The van der Waals surface area contributed by atoms with Crippen molar-refractivity contribution in [1.82, 2.24) is 4.72 Å². The first-order valence-electron chi connectivity index (χ1n) is 6.47. The van der Waals surface area contributed by atoms with Gasteiger partial charge in [0.25, 0.3) is 0 Å². The van der Waals surface area contributed by atoms with E-state index < -0.39 is 10.0 Å². The molecule has 7 heteroatoms. The van der Waals surface area contributed by atoms with Gasteiger partial charge in [-0.1, -0.05) is 13.0 Å². The predicted octanol–water partition coefficient (Wildman–Crippen LogP) is 2.77. The van der Waals surface area contributed by atoms with Crippen molar-refractivity contribution in [2.24, 2.45) is 0 Å². The van der Waals surface area contributed by atoms with E-state index in [2.05, 4.69) is 4.72 Å². The average Bonchev–Trinajstić information content (AvgIpc) is 2.99. The number of nitrogen functional groups attached to an aromatic ring is 1. The molecule has 3 N–H and O–H groups in total. The second-order valence-electron chi connectivity index (χ2n) is 4.51. The van der Waals surface area contributed by atoms with Crippen LogP contribution in [0.4, 0.5) is 5.69 Å². The van der Waals surface area contributed by atoms with Gasteiger partial charge in [0.05, 0.1) is 13.2 Å². The topological polar surface area (TPSA) is 81.4 Å². The highest BCUT2D eigenvalue weighted by Crippen LogP contribution is 2.29. The molecule has 21 heavy (non-hydrogen) atoms. The summed E-state index contributed by atoms with van der Waals surface area (Å²) in [6.45, 7) is 1.93. The second-order valence-corrected chi connectivity index (χ2v) is 7.17. The number of methoxy groups -OCH3 is 1. The van der Waals surface area contributed by atoms with Crippen LogP contribution in [0.2, 0.25) is 0 Å². The van der Waals surface area contributed by atoms with Crippen molar-refractivity contribution in [1.29, 1.82) is 0 Å². The van der Waals surface area contributed by atoms with Gasteiger partial charge in [0.15, 0.2) is 0 Å². The molecule has 1 atom stereocenters. The molecule has 1 aromatic heterocycles. The van der Waals surface area contributed by atoms with E-state index in [0.717, 1.165) is 4.88 Å². The van der Waals surface area contributed by atoms with Crippen molar-refractivity contribution >= 4 is 27.0 Å². The standard InChI is InChI=1S/C14H18N2O3S2/c1-3-11(13-5-4-8-20-13)16-21(17,18)14-9-10(15)6-7-12(14)19-2/h4-9,11,16H,3,15H2,1-2H3. The maximum Gasteiger partial charge on any atom is 0.244 e. The summed E-state index contributed by atoms with van der Waals surface area (Å²) in [5.74, 6) is 0.276. The van der Waals surface area contributed by atoms with Gasteiger partial charge in [0, 0.05) is 10.6 Å². The Bertz CT molecular complexity index is 697. The lowest BCUT2D eigenvalue weighted by atomic mass is 10.2. The molecular formula is C14H18N2O3S2. The van der Waals surface area contributed by atoms with Gasteiger partial charge in [-0.05, 0) is 36.1 Å². The zero-order valence-corrected chi connectivity index (χ0v) is 13.5. The maximum atomic E-state index is 12.6. The van der Waals surface area contributed by atoms with Gasteiger partial charge in [-0.3, -0.25) is 0 Å². The summed E-state index contributed by atoms with van der Waals surface area (Å²) in [6, 6.07) is 8.11. The largest absolute Gasteiger partial charge is 0.495 e. The van der Waals surface area contributed by atoms with E-state index in [1.54, 1.807) is 12.1 Å². The van der Waals surface area contributed by atoms with E-state index in [-0.39, 0.29) is 16.7 Å². The fourth-order valence-corrected chi connectivity index (χ4v) is 4.42. The molecule has 0 bridgehead atoms. The third kappa shape index (κ3) is 3.55. The SMILES string of the molecule is CCC(NS(=O)(=O)c1cc(N)ccc1OC)c1cccs1. The smallest absolute Gasteiger partial charge is 0.244 e. The molecule has 0 fully saturated rings. The minimum absolute atomic E-state index is 0.0556. The Balaban J connectivity index is 2.36. The Morgan fingerprint density at radius 1 is 1.38 bits per heavy atom. The Hall–Kier alpha value is -1.57. The fraction of sp³-hybridized carbons (Fsp3) is 0.286. The number of ether oxygens (including phenoxy) is 1. The van der Waals surface area contributed by atoms with Crippen LogP contribution in [0.1, 0.15) is 24.3 Å². The highest BCUT2D eigenvalue weighted by Gasteiger charge is 2.24. The van der Waals surface area contributed by atoms with Crippen LogP contribution in [0.15, 0.2) is 40.6 Å². The molecule has 1 heterocycles. The minimum Gasteiger partial charge on any atom is -0.495 e. The van der Waals surface area contributed by atoms with Gasteiger partial charge in [-0.15, -0.1) is 11.3 Å². The molecule has 0 aliphatic heterocycles. The maximum absolute atomic E-state index is 12.6. The van der Waals surface area contributed by atoms with Crippen LogP contribution in [0.25, 0.3) is 0 Å². The predicted molar refractivity (Wildman–Crippen MR) is 85.1 cm³/mol. The number of sulfonamides is 1. The van der Waals surface area contributed by atoms with Crippen molar-refractivity contribution in [2.75, 3.05) is 12.8 Å². The Morgan fingerprint density at radius 2 is 2.14 bits per heavy atom. The molecule has 0 aliphatic rings. The minimum atomic E-state index is -3.71. The number of hydrogen-bond donors (Lipinski definition) is 2. The molecule has 1 aromatic carbocycles. The Morgan fingerprint density at radius 3 is 2.71 bits per heavy atom. The van der Waals surface area contributed by atoms with Gasteiger partial charge < -0.3 is 10.5 Å². The summed E-state index contributed by atoms with van der Waals surface area (Å²) < 4.78 is 33.0.